The van der Waals surface area contributed by atoms with Crippen LogP contribution in [0.3, 0.4) is 0 Å². The average Bonchev–Trinajstić information content (AvgIpc) is 4.10. The molecule has 1 aliphatic carbocycles. The highest BCUT2D eigenvalue weighted by Gasteiger charge is 2.48. The lowest BCUT2D eigenvalue weighted by molar-refractivity contribution is 0.668. The van der Waals surface area contributed by atoms with Gasteiger partial charge in [-0.15, -0.1) is 0 Å². The van der Waals surface area contributed by atoms with Crippen LogP contribution in [0.2, 0.25) is 0 Å². The second-order valence-corrected chi connectivity index (χ2v) is 18.9. The molecule has 0 atom stereocenters. The van der Waals surface area contributed by atoms with Crippen LogP contribution in [0.15, 0.2) is 251 Å². The van der Waals surface area contributed by atoms with Crippen LogP contribution in [0.5, 0.6) is 0 Å². The quantitative estimate of drug-likeness (QED) is 0.152. The number of anilines is 6. The number of para-hydroxylation sites is 4. The van der Waals surface area contributed by atoms with Gasteiger partial charge < -0.3 is 18.6 Å². The molecule has 0 N–H and O–H groups in total. The second kappa shape index (κ2) is 16.0. The lowest BCUT2D eigenvalue weighted by Gasteiger charge is -2.36. The lowest BCUT2D eigenvalue weighted by Crippen LogP contribution is -2.29. The molecule has 14 rings (SSSR count). The molecule has 0 aliphatic heterocycles. The summed E-state index contributed by atoms with van der Waals surface area (Å²) >= 11 is 0. The number of rotatable bonds is 8. The van der Waals surface area contributed by atoms with E-state index in [1.165, 1.54) is 49.9 Å². The third-order valence-corrected chi connectivity index (χ3v) is 14.8. The summed E-state index contributed by atoms with van der Waals surface area (Å²) in [5.41, 5.74) is 18.4. The molecule has 11 aromatic carbocycles. The van der Waals surface area contributed by atoms with Gasteiger partial charge in [0.25, 0.3) is 0 Å². The molecular weight excluding hydrogens is 865 g/mol. The second-order valence-electron chi connectivity index (χ2n) is 18.9. The van der Waals surface area contributed by atoms with Crippen molar-refractivity contribution in [2.24, 2.45) is 0 Å². The van der Waals surface area contributed by atoms with Crippen molar-refractivity contribution in [1.29, 1.82) is 0 Å². The van der Waals surface area contributed by atoms with Crippen molar-refractivity contribution in [1.82, 2.24) is 0 Å². The highest BCUT2D eigenvalue weighted by Crippen LogP contribution is 2.61. The van der Waals surface area contributed by atoms with Crippen molar-refractivity contribution in [2.75, 3.05) is 9.80 Å². The number of hydrogen-bond donors (Lipinski definition) is 0. The average molecular weight is 911 g/mol. The summed E-state index contributed by atoms with van der Waals surface area (Å²) in [5, 5.41) is 6.69. The van der Waals surface area contributed by atoms with Gasteiger partial charge in [0.1, 0.15) is 11.2 Å². The van der Waals surface area contributed by atoms with Crippen LogP contribution >= 0.6 is 0 Å². The number of aryl methyl sites for hydroxylation is 2. The Bertz CT molecular complexity index is 4150. The zero-order chi connectivity index (χ0) is 47.2. The first-order chi connectivity index (χ1) is 35.0. The molecule has 13 aromatic rings. The van der Waals surface area contributed by atoms with Gasteiger partial charge in [-0.25, -0.2) is 0 Å². The number of nitrogens with zero attached hydrogens (tertiary/aromatic N) is 2. The highest BCUT2D eigenvalue weighted by atomic mass is 16.3. The number of furan rings is 2. The number of fused-ring (bicyclic) bond motifs is 11. The molecule has 0 saturated carbocycles. The Morgan fingerprint density at radius 1 is 0.324 bits per heavy atom. The maximum atomic E-state index is 6.87. The van der Waals surface area contributed by atoms with Gasteiger partial charge in [-0.1, -0.05) is 187 Å². The summed E-state index contributed by atoms with van der Waals surface area (Å²) in [6, 6.07) is 88.3. The number of benzene rings is 11. The smallest absolute Gasteiger partial charge is 0.159 e. The number of hydrogen-bond acceptors (Lipinski definition) is 4. The van der Waals surface area contributed by atoms with Gasteiger partial charge in [-0.2, -0.15) is 0 Å². The molecule has 2 aromatic heterocycles. The first-order valence-corrected chi connectivity index (χ1v) is 24.4. The lowest BCUT2D eigenvalue weighted by atomic mass is 9.67. The molecule has 71 heavy (non-hydrogen) atoms. The minimum Gasteiger partial charge on any atom is -0.454 e. The summed E-state index contributed by atoms with van der Waals surface area (Å²) in [5.74, 6) is 0. The van der Waals surface area contributed by atoms with Gasteiger partial charge in [-0.3, -0.25) is 0 Å². The Hall–Kier alpha value is -9.12. The van der Waals surface area contributed by atoms with E-state index in [1.54, 1.807) is 0 Å². The van der Waals surface area contributed by atoms with E-state index in [1.807, 2.05) is 12.1 Å². The van der Waals surface area contributed by atoms with Crippen LogP contribution in [0.1, 0.15) is 33.4 Å². The van der Waals surface area contributed by atoms with Gasteiger partial charge in [-0.05, 0) is 119 Å². The molecule has 0 spiro atoms. The topological polar surface area (TPSA) is 32.8 Å². The van der Waals surface area contributed by atoms with E-state index in [-0.39, 0.29) is 0 Å². The molecule has 0 amide bonds. The molecule has 0 radical (unpaired) electrons. The Balaban J connectivity index is 1.09. The minimum atomic E-state index is -0.753. The fourth-order valence-corrected chi connectivity index (χ4v) is 11.7. The van der Waals surface area contributed by atoms with E-state index in [4.69, 9.17) is 8.83 Å². The predicted octanol–water partition coefficient (Wildman–Crippen LogP) is 18.6. The van der Waals surface area contributed by atoms with Gasteiger partial charge in [0, 0.05) is 44.0 Å². The summed E-state index contributed by atoms with van der Waals surface area (Å²) in [7, 11) is 0. The molecule has 2 heterocycles. The molecule has 0 unspecified atom stereocenters. The van der Waals surface area contributed by atoms with Crippen LogP contribution in [0.4, 0.5) is 34.1 Å². The summed E-state index contributed by atoms with van der Waals surface area (Å²) in [4.78, 5) is 4.81. The third kappa shape index (κ3) is 6.17. The van der Waals surface area contributed by atoms with Crippen LogP contribution < -0.4 is 9.80 Å². The van der Waals surface area contributed by atoms with Crippen LogP contribution in [0.25, 0.3) is 65.8 Å². The molecule has 0 saturated heterocycles. The Morgan fingerprint density at radius 3 is 1.34 bits per heavy atom. The van der Waals surface area contributed by atoms with Gasteiger partial charge in [0.05, 0.1) is 22.5 Å². The maximum Gasteiger partial charge on any atom is 0.159 e. The molecular formula is C67H46N2O2. The van der Waals surface area contributed by atoms with Crippen molar-refractivity contribution in [2.45, 2.75) is 19.3 Å². The van der Waals surface area contributed by atoms with Crippen molar-refractivity contribution in [3.63, 3.8) is 0 Å². The fraction of sp³-hybridized carbons (Fsp3) is 0.0448. The van der Waals surface area contributed by atoms with E-state index >= 15 is 0 Å². The molecule has 4 heteroatoms. The molecule has 0 fully saturated rings. The highest BCUT2D eigenvalue weighted by molar-refractivity contribution is 6.15. The van der Waals surface area contributed by atoms with Gasteiger partial charge in [0.15, 0.2) is 11.2 Å². The molecule has 0 bridgehead atoms. The maximum absolute atomic E-state index is 6.87. The van der Waals surface area contributed by atoms with E-state index < -0.39 is 5.41 Å². The first kappa shape index (κ1) is 40.9. The summed E-state index contributed by atoms with van der Waals surface area (Å²) in [6.45, 7) is 4.29. The Kier molecular flexibility index (Phi) is 9.21. The Labute approximate surface area is 411 Å². The normalized spacial score (nSPS) is 12.8. The van der Waals surface area contributed by atoms with Crippen molar-refractivity contribution in [3.05, 3.63) is 276 Å². The van der Waals surface area contributed by atoms with E-state index in [2.05, 4.69) is 254 Å². The van der Waals surface area contributed by atoms with Crippen molar-refractivity contribution < 1.29 is 8.83 Å². The van der Waals surface area contributed by atoms with Crippen LogP contribution in [0, 0.1) is 13.8 Å². The summed E-state index contributed by atoms with van der Waals surface area (Å²) in [6.07, 6.45) is 0. The molecule has 1 aliphatic rings. The zero-order valence-corrected chi connectivity index (χ0v) is 39.3. The summed E-state index contributed by atoms with van der Waals surface area (Å²) < 4.78 is 13.7. The van der Waals surface area contributed by atoms with Crippen LogP contribution in [-0.4, -0.2) is 0 Å². The van der Waals surface area contributed by atoms with E-state index in [9.17, 15) is 0 Å². The molecule has 4 nitrogen and oxygen atoms in total. The monoisotopic (exact) mass is 910 g/mol. The van der Waals surface area contributed by atoms with Gasteiger partial charge in [0.2, 0.25) is 0 Å². The van der Waals surface area contributed by atoms with Crippen molar-refractivity contribution >= 4 is 88.8 Å². The van der Waals surface area contributed by atoms with Crippen molar-refractivity contribution in [3.8, 4) is 11.1 Å². The predicted molar refractivity (Wildman–Crippen MR) is 295 cm³/mol. The van der Waals surface area contributed by atoms with E-state index in [0.717, 1.165) is 83.4 Å². The molecule has 336 valence electrons. The van der Waals surface area contributed by atoms with Gasteiger partial charge >= 0.3 is 0 Å². The fourth-order valence-electron chi connectivity index (χ4n) is 11.7. The zero-order valence-electron chi connectivity index (χ0n) is 39.3. The van der Waals surface area contributed by atoms with Crippen LogP contribution in [-0.2, 0) is 5.41 Å². The minimum absolute atomic E-state index is 0.753. The Morgan fingerprint density at radius 2 is 0.775 bits per heavy atom. The largest absolute Gasteiger partial charge is 0.454 e. The third-order valence-electron chi connectivity index (χ3n) is 14.8. The van der Waals surface area contributed by atoms with E-state index in [0.29, 0.717) is 0 Å². The SMILES string of the molecule is Cc1ccc(N(c2ccc3c(c2)C(c2ccccc2)(c2ccccc2)c2cc(N(c4ccc(C)cc4)c4cccc5c4oc4ccccc45)c4ccccc4c2-3)c2cccc3c2oc2ccccc23)cc1. The first-order valence-electron chi connectivity index (χ1n) is 24.4. The standard InChI is InChI=1S/C67H46N2O2/c1-43-31-35-47(36-32-43)68(59-27-15-25-54-51-22-11-13-29-62(51)70-65(54)59)49-39-40-56-57(41-49)67(45-17-5-3-6-18-45,46-19-7-4-8-20-46)58-42-61(50-21-9-10-24-53(50)64(56)58)69(48-37-33-44(2)34-38-48)60-28-16-26-55-52-23-12-14-30-63(52)71-66(55)60/h3-42H,1-2H3.